The molecule has 0 aliphatic carbocycles. The molecule has 0 radical (unpaired) electrons. The lowest BCUT2D eigenvalue weighted by Crippen LogP contribution is -2.09. The molecule has 3 aromatic rings. The van der Waals surface area contributed by atoms with Crippen LogP contribution in [0.4, 0.5) is 0 Å². The summed E-state index contributed by atoms with van der Waals surface area (Å²) in [5.41, 5.74) is 2.51. The molecule has 1 atom stereocenters. The highest BCUT2D eigenvalue weighted by Gasteiger charge is 2.16. The van der Waals surface area contributed by atoms with Crippen molar-refractivity contribution in [3.05, 3.63) is 82.4 Å². The van der Waals surface area contributed by atoms with Gasteiger partial charge in [-0.25, -0.2) is 4.98 Å². The van der Waals surface area contributed by atoms with Crippen LogP contribution < -0.4 is 0 Å². The smallest absolute Gasteiger partial charge is 0.0951 e. The number of imidazole rings is 1. The Hall–Kier alpha value is -1.42. The van der Waals surface area contributed by atoms with E-state index in [1.165, 1.54) is 16.0 Å². The van der Waals surface area contributed by atoms with Gasteiger partial charge in [-0.2, -0.15) is 0 Å². The number of halogens is 2. The van der Waals surface area contributed by atoms with Gasteiger partial charge in [-0.15, -0.1) is 11.8 Å². The lowest BCUT2D eigenvalue weighted by molar-refractivity contribution is 0.525. The molecule has 130 valence electrons. The molecule has 1 aromatic heterocycles. The maximum Gasteiger partial charge on any atom is 0.0951 e. The molecule has 0 spiro atoms. The summed E-state index contributed by atoms with van der Waals surface area (Å²) in [5, 5.41) is 1.20. The van der Waals surface area contributed by atoms with Crippen LogP contribution in [0.25, 0.3) is 0 Å². The van der Waals surface area contributed by atoms with Crippen molar-refractivity contribution < 1.29 is 0 Å². The molecule has 1 unspecified atom stereocenters. The second kappa shape index (κ2) is 8.79. The molecule has 0 aliphatic heterocycles. The molecule has 0 saturated heterocycles. The minimum Gasteiger partial charge on any atom is -0.330 e. The summed E-state index contributed by atoms with van der Waals surface area (Å²) < 4.78 is 2.20. The second-order valence-corrected chi connectivity index (χ2v) is 7.72. The summed E-state index contributed by atoms with van der Waals surface area (Å²) in [6.07, 6.45) is 7.99. The summed E-state index contributed by atoms with van der Waals surface area (Å²) in [6.45, 7) is 2.22. The van der Waals surface area contributed by atoms with Crippen LogP contribution in [0.5, 0.6) is 0 Å². The Morgan fingerprint density at radius 1 is 1.12 bits per heavy atom. The van der Waals surface area contributed by atoms with E-state index in [4.69, 9.17) is 23.2 Å². The molecule has 5 heteroatoms. The molecular formula is C20H20Cl2N2S. The fourth-order valence-corrected chi connectivity index (χ4v) is 4.24. The van der Waals surface area contributed by atoms with Gasteiger partial charge in [0.2, 0.25) is 0 Å². The zero-order valence-corrected chi connectivity index (χ0v) is 16.4. The Morgan fingerprint density at radius 3 is 2.68 bits per heavy atom. The van der Waals surface area contributed by atoms with Crippen molar-refractivity contribution in [1.29, 1.82) is 0 Å². The summed E-state index contributed by atoms with van der Waals surface area (Å²) in [6, 6.07) is 14.8. The van der Waals surface area contributed by atoms with Gasteiger partial charge >= 0.3 is 0 Å². The lowest BCUT2D eigenvalue weighted by Gasteiger charge is -2.21. The van der Waals surface area contributed by atoms with Crippen molar-refractivity contribution >= 4 is 35.0 Å². The average molecular weight is 391 g/mol. The van der Waals surface area contributed by atoms with E-state index in [-0.39, 0.29) is 0 Å². The molecule has 3 rings (SSSR count). The first-order valence-electron chi connectivity index (χ1n) is 8.32. The highest BCUT2D eigenvalue weighted by molar-refractivity contribution is 7.98. The van der Waals surface area contributed by atoms with E-state index in [0.717, 1.165) is 18.6 Å². The molecular weight excluding hydrogens is 371 g/mol. The van der Waals surface area contributed by atoms with Gasteiger partial charge in [0.05, 0.1) is 22.4 Å². The summed E-state index contributed by atoms with van der Waals surface area (Å²) in [4.78, 5) is 5.51. The first-order chi connectivity index (χ1) is 12.2. The predicted octanol–water partition coefficient (Wildman–Crippen LogP) is 6.87. The Labute approximate surface area is 163 Å². The summed E-state index contributed by atoms with van der Waals surface area (Å²) >= 11 is 14.0. The normalized spacial score (nSPS) is 12.3. The molecule has 2 nitrogen and oxygen atoms in total. The number of rotatable bonds is 7. The maximum atomic E-state index is 6.13. The maximum absolute atomic E-state index is 6.13. The standard InChI is InChI=1S/C20H20Cl2N2S/c1-2-5-19(24-11-10-23-14-24)16-6-3-4-7-20(16)25-13-15-8-9-17(21)18(22)12-15/h3-4,6-12,14,19H,2,5,13H2,1H3. The number of benzene rings is 2. The topological polar surface area (TPSA) is 17.8 Å². The summed E-state index contributed by atoms with van der Waals surface area (Å²) in [7, 11) is 0. The molecule has 1 heterocycles. The molecule has 0 bridgehead atoms. The van der Waals surface area contributed by atoms with E-state index in [0.29, 0.717) is 16.1 Å². The minimum absolute atomic E-state index is 0.310. The van der Waals surface area contributed by atoms with Crippen LogP contribution in [0.2, 0.25) is 10.0 Å². The zero-order valence-electron chi connectivity index (χ0n) is 14.0. The number of nitrogens with zero attached hydrogens (tertiary/aromatic N) is 2. The number of hydrogen-bond acceptors (Lipinski definition) is 2. The third kappa shape index (κ3) is 4.60. The van der Waals surface area contributed by atoms with Gasteiger partial charge in [0, 0.05) is 23.0 Å². The largest absolute Gasteiger partial charge is 0.330 e. The van der Waals surface area contributed by atoms with Crippen LogP contribution in [0.1, 0.15) is 36.9 Å². The Balaban J connectivity index is 1.83. The van der Waals surface area contributed by atoms with Gasteiger partial charge in [0.15, 0.2) is 0 Å². The van der Waals surface area contributed by atoms with Crippen molar-refractivity contribution in [3.8, 4) is 0 Å². The highest BCUT2D eigenvalue weighted by atomic mass is 35.5. The summed E-state index contributed by atoms with van der Waals surface area (Å²) in [5.74, 6) is 0.858. The predicted molar refractivity (Wildman–Crippen MR) is 108 cm³/mol. The van der Waals surface area contributed by atoms with E-state index in [2.05, 4.69) is 40.7 Å². The Kier molecular flexibility index (Phi) is 6.46. The Morgan fingerprint density at radius 2 is 1.96 bits per heavy atom. The molecule has 2 aromatic carbocycles. The van der Waals surface area contributed by atoms with Gasteiger partial charge < -0.3 is 4.57 Å². The number of aromatic nitrogens is 2. The van der Waals surface area contributed by atoms with Gasteiger partial charge in [-0.3, -0.25) is 0 Å². The van der Waals surface area contributed by atoms with Crippen molar-refractivity contribution in [3.63, 3.8) is 0 Å². The SMILES string of the molecule is CCCC(c1ccccc1SCc1ccc(Cl)c(Cl)c1)n1ccnc1. The van der Waals surface area contributed by atoms with Crippen LogP contribution in [0.3, 0.4) is 0 Å². The van der Waals surface area contributed by atoms with E-state index in [1.807, 2.05) is 48.7 Å². The Bertz CT molecular complexity index is 818. The lowest BCUT2D eigenvalue weighted by atomic mass is 10.0. The quantitative estimate of drug-likeness (QED) is 0.409. The first kappa shape index (κ1) is 18.4. The van der Waals surface area contributed by atoms with Crippen LogP contribution in [0.15, 0.2) is 66.1 Å². The molecule has 0 amide bonds. The third-order valence-electron chi connectivity index (χ3n) is 4.10. The average Bonchev–Trinajstić information content (AvgIpc) is 3.15. The van der Waals surface area contributed by atoms with Gasteiger partial charge in [0.1, 0.15) is 0 Å². The van der Waals surface area contributed by atoms with Crippen LogP contribution in [-0.2, 0) is 5.75 Å². The second-order valence-electron chi connectivity index (χ2n) is 5.89. The van der Waals surface area contributed by atoms with Gasteiger partial charge in [-0.05, 0) is 35.7 Å². The van der Waals surface area contributed by atoms with Gasteiger partial charge in [-0.1, -0.05) is 60.8 Å². The molecule has 0 N–H and O–H groups in total. The third-order valence-corrected chi connectivity index (χ3v) is 6.00. The van der Waals surface area contributed by atoms with Crippen LogP contribution in [0, 0.1) is 0 Å². The van der Waals surface area contributed by atoms with E-state index in [1.54, 1.807) is 0 Å². The monoisotopic (exact) mass is 390 g/mol. The minimum atomic E-state index is 0.310. The van der Waals surface area contributed by atoms with Crippen molar-refractivity contribution in [2.45, 2.75) is 36.5 Å². The molecule has 0 saturated carbocycles. The van der Waals surface area contributed by atoms with E-state index < -0.39 is 0 Å². The molecule has 0 fully saturated rings. The van der Waals surface area contributed by atoms with Crippen molar-refractivity contribution in [2.75, 3.05) is 0 Å². The van der Waals surface area contributed by atoms with E-state index in [9.17, 15) is 0 Å². The van der Waals surface area contributed by atoms with E-state index >= 15 is 0 Å². The highest BCUT2D eigenvalue weighted by Crippen LogP contribution is 2.34. The van der Waals surface area contributed by atoms with Crippen LogP contribution >= 0.6 is 35.0 Å². The fourth-order valence-electron chi connectivity index (χ4n) is 2.87. The first-order valence-corrected chi connectivity index (χ1v) is 10.1. The molecule has 0 aliphatic rings. The molecule has 25 heavy (non-hydrogen) atoms. The number of hydrogen-bond donors (Lipinski definition) is 0. The van der Waals surface area contributed by atoms with Crippen molar-refractivity contribution in [1.82, 2.24) is 9.55 Å². The van der Waals surface area contributed by atoms with Crippen LogP contribution in [-0.4, -0.2) is 9.55 Å². The van der Waals surface area contributed by atoms with Crippen molar-refractivity contribution in [2.24, 2.45) is 0 Å². The number of thioether (sulfide) groups is 1. The zero-order chi connectivity index (χ0) is 17.6. The van der Waals surface area contributed by atoms with Gasteiger partial charge in [0.25, 0.3) is 0 Å². The fraction of sp³-hybridized carbons (Fsp3) is 0.250.